The van der Waals surface area contributed by atoms with Gasteiger partial charge in [-0.3, -0.25) is 24.8 Å². The number of sulfonamides is 1. The van der Waals surface area contributed by atoms with E-state index in [9.17, 15) is 18.0 Å². The minimum atomic E-state index is -4.05. The minimum absolute atomic E-state index is 0.135. The number of ether oxygens (including phenoxy) is 1. The van der Waals surface area contributed by atoms with E-state index in [0.29, 0.717) is 55.5 Å². The van der Waals surface area contributed by atoms with Crippen molar-refractivity contribution >= 4 is 39.2 Å². The molecule has 13 heteroatoms. The highest BCUT2D eigenvalue weighted by molar-refractivity contribution is 7.90. The molecule has 1 atom stereocenters. The second-order valence-electron chi connectivity index (χ2n) is 13.4. The third kappa shape index (κ3) is 7.84. The van der Waals surface area contributed by atoms with Crippen molar-refractivity contribution in [1.29, 1.82) is 0 Å². The van der Waals surface area contributed by atoms with Gasteiger partial charge in [0.1, 0.15) is 17.4 Å². The van der Waals surface area contributed by atoms with Gasteiger partial charge in [0, 0.05) is 42.6 Å². The van der Waals surface area contributed by atoms with Crippen LogP contribution in [0.2, 0.25) is 0 Å². The number of hydroxylamine groups is 1. The van der Waals surface area contributed by atoms with Crippen LogP contribution in [0.4, 0.5) is 5.69 Å². The van der Waals surface area contributed by atoms with Crippen LogP contribution in [0.25, 0.3) is 0 Å². The molecule has 0 unspecified atom stereocenters. The molecule has 0 radical (unpaired) electrons. The van der Waals surface area contributed by atoms with Crippen molar-refractivity contribution in [1.82, 2.24) is 10.2 Å². The number of hydrogen-bond acceptors (Lipinski definition) is 8. The van der Waals surface area contributed by atoms with Gasteiger partial charge in [-0.1, -0.05) is 48.5 Å². The summed E-state index contributed by atoms with van der Waals surface area (Å²) in [7, 11) is -4.05. The highest BCUT2D eigenvalue weighted by atomic mass is 32.2. The number of para-hydroxylation sites is 1. The van der Waals surface area contributed by atoms with Crippen molar-refractivity contribution in [2.45, 2.75) is 89.7 Å². The lowest BCUT2D eigenvalue weighted by atomic mass is 9.94. The normalized spacial score (nSPS) is 17.0. The average Bonchev–Trinajstić information content (AvgIpc) is 3.36. The molecule has 266 valence electrons. The zero-order chi connectivity index (χ0) is 36.2. The van der Waals surface area contributed by atoms with E-state index in [-0.39, 0.29) is 29.7 Å². The molecule has 0 spiro atoms. The Kier molecular flexibility index (Phi) is 11.0. The summed E-state index contributed by atoms with van der Waals surface area (Å²) in [4.78, 5) is 36.9. The van der Waals surface area contributed by atoms with Gasteiger partial charge in [-0.15, -0.1) is 0 Å². The SMILES string of the molecule is Cc1c(C)c(S(=O)(=O)NC(N)=NCCC[C@@H]2N=C(c3ccccc3)c3ccccc3N(CCCCC(=O)NO)C2=O)c(C)c2c1OC(C)(C)C2. The molecule has 0 aliphatic carbocycles. The van der Waals surface area contributed by atoms with Crippen molar-refractivity contribution in [2.75, 3.05) is 18.0 Å². The first kappa shape index (κ1) is 36.5. The van der Waals surface area contributed by atoms with Crippen molar-refractivity contribution in [3.8, 4) is 5.75 Å². The van der Waals surface area contributed by atoms with E-state index < -0.39 is 27.6 Å². The second kappa shape index (κ2) is 15.0. The molecule has 0 bridgehead atoms. The summed E-state index contributed by atoms with van der Waals surface area (Å²) < 4.78 is 35.8. The number of hydrogen-bond donors (Lipinski definition) is 4. The number of benzene rings is 3. The van der Waals surface area contributed by atoms with Gasteiger partial charge in [-0.2, -0.15) is 0 Å². The highest BCUT2D eigenvalue weighted by Gasteiger charge is 2.37. The van der Waals surface area contributed by atoms with E-state index in [4.69, 9.17) is 20.7 Å². The predicted octanol–water partition coefficient (Wildman–Crippen LogP) is 4.63. The maximum Gasteiger partial charge on any atom is 0.264 e. The van der Waals surface area contributed by atoms with Crippen LogP contribution in [0, 0.1) is 20.8 Å². The Hall–Kier alpha value is -4.75. The second-order valence-corrected chi connectivity index (χ2v) is 15.0. The number of nitrogens with one attached hydrogen (secondary N) is 2. The maximum atomic E-state index is 14.1. The van der Waals surface area contributed by atoms with Gasteiger partial charge in [0.05, 0.1) is 16.3 Å². The highest BCUT2D eigenvalue weighted by Crippen LogP contribution is 2.43. The number of nitrogens with two attached hydrogens (primary N) is 1. The lowest BCUT2D eigenvalue weighted by molar-refractivity contribution is -0.129. The van der Waals surface area contributed by atoms with Crippen LogP contribution in [-0.4, -0.2) is 61.8 Å². The maximum absolute atomic E-state index is 14.1. The monoisotopic (exact) mass is 702 g/mol. The Morgan fingerprint density at radius 3 is 2.46 bits per heavy atom. The third-order valence-corrected chi connectivity index (χ3v) is 10.8. The van der Waals surface area contributed by atoms with Crippen LogP contribution in [-0.2, 0) is 26.0 Å². The Balaban J connectivity index is 1.33. The summed E-state index contributed by atoms with van der Waals surface area (Å²) in [6.45, 7) is 9.91. The molecular weight excluding hydrogens is 657 g/mol. The van der Waals surface area contributed by atoms with E-state index >= 15 is 0 Å². The molecule has 0 saturated heterocycles. The molecular formula is C37H46N6O6S. The average molecular weight is 703 g/mol. The molecule has 0 fully saturated rings. The van der Waals surface area contributed by atoms with E-state index in [1.807, 2.05) is 75.4 Å². The molecule has 5 rings (SSSR count). The molecule has 2 amide bonds. The largest absolute Gasteiger partial charge is 0.487 e. The molecule has 2 aliphatic rings. The summed E-state index contributed by atoms with van der Waals surface area (Å²) in [5.74, 6) is -0.154. The van der Waals surface area contributed by atoms with E-state index in [2.05, 4.69) is 9.71 Å². The zero-order valence-electron chi connectivity index (χ0n) is 29.2. The summed E-state index contributed by atoms with van der Waals surface area (Å²) in [5, 5.41) is 8.85. The number of guanidine groups is 1. The number of aliphatic imine (C=N–C) groups is 2. The topological polar surface area (TPSA) is 176 Å². The number of anilines is 1. The van der Waals surface area contributed by atoms with Crippen molar-refractivity contribution in [3.05, 3.63) is 88.0 Å². The number of rotatable bonds is 12. The summed E-state index contributed by atoms with van der Waals surface area (Å²) in [6.07, 6.45) is 2.50. The van der Waals surface area contributed by atoms with Crippen molar-refractivity contribution in [3.63, 3.8) is 0 Å². The smallest absolute Gasteiger partial charge is 0.264 e. The number of carbonyl (C=O) groups is 2. The van der Waals surface area contributed by atoms with Gasteiger partial charge in [0.15, 0.2) is 0 Å². The van der Waals surface area contributed by atoms with Crippen LogP contribution in [0.1, 0.15) is 79.3 Å². The Morgan fingerprint density at radius 2 is 1.74 bits per heavy atom. The first-order valence-corrected chi connectivity index (χ1v) is 18.3. The van der Waals surface area contributed by atoms with Crippen LogP contribution in [0.15, 0.2) is 69.5 Å². The first-order valence-electron chi connectivity index (χ1n) is 16.9. The number of unbranched alkanes of at least 4 members (excludes halogenated alkanes) is 1. The Morgan fingerprint density at radius 1 is 1.04 bits per heavy atom. The molecule has 0 aromatic heterocycles. The predicted molar refractivity (Wildman–Crippen MR) is 194 cm³/mol. The fourth-order valence-electron chi connectivity index (χ4n) is 6.70. The molecule has 50 heavy (non-hydrogen) atoms. The van der Waals surface area contributed by atoms with Gasteiger partial charge in [-0.25, -0.2) is 18.6 Å². The fraction of sp³-hybridized carbons (Fsp3) is 0.405. The summed E-state index contributed by atoms with van der Waals surface area (Å²) in [6, 6.07) is 16.6. The number of nitrogens with zero attached hydrogens (tertiary/aromatic N) is 3. The van der Waals surface area contributed by atoms with Crippen LogP contribution in [0.5, 0.6) is 5.75 Å². The van der Waals surface area contributed by atoms with Gasteiger partial charge >= 0.3 is 0 Å². The Bertz CT molecular complexity index is 1940. The zero-order valence-corrected chi connectivity index (χ0v) is 30.1. The number of fused-ring (bicyclic) bond motifs is 2. The molecule has 2 heterocycles. The number of benzodiazepines with no additional fused rings is 1. The Labute approximate surface area is 293 Å². The van der Waals surface area contributed by atoms with Gasteiger partial charge in [0.25, 0.3) is 15.9 Å². The first-order chi connectivity index (χ1) is 23.7. The molecule has 0 saturated carbocycles. The van der Waals surface area contributed by atoms with Crippen LogP contribution < -0.4 is 25.6 Å². The van der Waals surface area contributed by atoms with Crippen molar-refractivity contribution in [2.24, 2.45) is 15.7 Å². The molecule has 3 aromatic carbocycles. The van der Waals surface area contributed by atoms with Crippen LogP contribution in [0.3, 0.4) is 0 Å². The molecule has 5 N–H and O–H groups in total. The minimum Gasteiger partial charge on any atom is -0.487 e. The standard InChI is InChI=1S/C37H46N6O6S/c1-23-24(2)34(25(3)28-22-37(4,5)49-33(23)28)50(47,48)42-36(38)39-20-13-17-29-35(45)43(21-12-11-19-31(44)41-46)30-18-10-9-16-27(30)32(40-29)26-14-7-6-8-15-26/h6-10,14-16,18,29,46H,11-13,17,19-22H2,1-5H3,(H,41,44)(H3,38,39,42)/t29-/m0/s1. The molecule has 3 aromatic rings. The summed E-state index contributed by atoms with van der Waals surface area (Å²) >= 11 is 0. The summed E-state index contributed by atoms with van der Waals surface area (Å²) in [5.41, 5.74) is 13.4. The van der Waals surface area contributed by atoms with Crippen molar-refractivity contribution < 1.29 is 28.0 Å². The lowest BCUT2D eigenvalue weighted by Crippen LogP contribution is -2.39. The quantitative estimate of drug-likeness (QED) is 0.0700. The van der Waals surface area contributed by atoms with E-state index in [1.54, 1.807) is 24.2 Å². The number of amides is 2. The molecule has 12 nitrogen and oxygen atoms in total. The van der Waals surface area contributed by atoms with Gasteiger partial charge in [0.2, 0.25) is 11.9 Å². The van der Waals surface area contributed by atoms with Gasteiger partial charge in [-0.05, 0) is 83.1 Å². The van der Waals surface area contributed by atoms with Crippen LogP contribution >= 0.6 is 0 Å². The van der Waals surface area contributed by atoms with E-state index in [0.717, 1.165) is 33.7 Å². The van der Waals surface area contributed by atoms with E-state index in [1.165, 1.54) is 0 Å². The lowest BCUT2D eigenvalue weighted by Gasteiger charge is -2.25. The number of carbonyl (C=O) groups excluding carboxylic acids is 2. The molecule has 2 aliphatic heterocycles. The fourth-order valence-corrected chi connectivity index (χ4v) is 8.22. The van der Waals surface area contributed by atoms with Gasteiger partial charge < -0.3 is 15.4 Å². The third-order valence-electron chi connectivity index (χ3n) is 9.21.